The van der Waals surface area contributed by atoms with Crippen LogP contribution in [0.5, 0.6) is 0 Å². The molecule has 1 aliphatic heterocycles. The average molecular weight is 405 g/mol. The van der Waals surface area contributed by atoms with Gasteiger partial charge in [-0.25, -0.2) is 8.42 Å². The molecule has 1 fully saturated rings. The molecule has 1 saturated heterocycles. The Bertz CT molecular complexity index is 996. The third kappa shape index (κ3) is 3.52. The molecule has 0 aliphatic carbocycles. The fourth-order valence-corrected chi connectivity index (χ4v) is 5.61. The number of sulfonamides is 2. The maximum atomic E-state index is 12.6. The minimum atomic E-state index is -3.95. The van der Waals surface area contributed by atoms with Crippen LogP contribution >= 0.6 is 11.6 Å². The van der Waals surface area contributed by atoms with E-state index in [1.807, 2.05) is 0 Å². The summed E-state index contributed by atoms with van der Waals surface area (Å²) < 4.78 is 55.1. The molecule has 0 amide bonds. The second-order valence-corrected chi connectivity index (χ2v) is 9.63. The maximum absolute atomic E-state index is 12.6. The van der Waals surface area contributed by atoms with E-state index in [4.69, 9.17) is 11.6 Å². The Morgan fingerprint density at radius 2 is 1.80 bits per heavy atom. The third-order valence-corrected chi connectivity index (χ3v) is 7.60. The highest BCUT2D eigenvalue weighted by molar-refractivity contribution is 7.92. The summed E-state index contributed by atoms with van der Waals surface area (Å²) >= 11 is 6.06. The SMILES string of the molecule is Cn1nccc1S(=O)(=O)Nc1cc(S(=O)(=O)N2CCCC2)ccc1Cl. The summed E-state index contributed by atoms with van der Waals surface area (Å²) in [5, 5.41) is 3.86. The number of aromatic nitrogens is 2. The quantitative estimate of drug-likeness (QED) is 0.816. The lowest BCUT2D eigenvalue weighted by Gasteiger charge is -2.17. The zero-order valence-electron chi connectivity index (χ0n) is 13.4. The minimum absolute atomic E-state index is 0.00139. The number of anilines is 1. The molecule has 3 rings (SSSR count). The van der Waals surface area contributed by atoms with Crippen LogP contribution in [0.4, 0.5) is 5.69 Å². The van der Waals surface area contributed by atoms with Gasteiger partial charge in [0.2, 0.25) is 10.0 Å². The molecule has 25 heavy (non-hydrogen) atoms. The average Bonchev–Trinajstić information content (AvgIpc) is 3.20. The highest BCUT2D eigenvalue weighted by atomic mass is 35.5. The second-order valence-electron chi connectivity index (χ2n) is 5.65. The van der Waals surface area contributed by atoms with Gasteiger partial charge in [0.1, 0.15) is 0 Å². The number of rotatable bonds is 5. The van der Waals surface area contributed by atoms with Crippen molar-refractivity contribution in [1.82, 2.24) is 14.1 Å². The van der Waals surface area contributed by atoms with Crippen LogP contribution in [0.2, 0.25) is 5.02 Å². The molecule has 2 heterocycles. The molecule has 8 nitrogen and oxygen atoms in total. The van der Waals surface area contributed by atoms with Gasteiger partial charge in [0, 0.05) is 20.1 Å². The Kier molecular flexibility index (Phi) is 4.80. The van der Waals surface area contributed by atoms with Gasteiger partial charge < -0.3 is 0 Å². The zero-order chi connectivity index (χ0) is 18.2. The van der Waals surface area contributed by atoms with Crippen molar-refractivity contribution in [3.63, 3.8) is 0 Å². The molecule has 0 bridgehead atoms. The maximum Gasteiger partial charge on any atom is 0.279 e. The van der Waals surface area contributed by atoms with Crippen molar-refractivity contribution in [1.29, 1.82) is 0 Å². The summed E-state index contributed by atoms with van der Waals surface area (Å²) in [6.45, 7) is 0.919. The summed E-state index contributed by atoms with van der Waals surface area (Å²) in [6.07, 6.45) is 2.98. The molecule has 11 heteroatoms. The van der Waals surface area contributed by atoms with Crippen molar-refractivity contribution >= 4 is 37.3 Å². The number of hydrogen-bond acceptors (Lipinski definition) is 5. The minimum Gasteiger partial charge on any atom is -0.277 e. The van der Waals surface area contributed by atoms with E-state index in [1.165, 1.54) is 46.5 Å². The van der Waals surface area contributed by atoms with Crippen molar-refractivity contribution in [3.05, 3.63) is 35.5 Å². The van der Waals surface area contributed by atoms with Crippen LogP contribution in [0.25, 0.3) is 0 Å². The lowest BCUT2D eigenvalue weighted by molar-refractivity contribution is 0.477. The molecule has 1 aromatic heterocycles. The van der Waals surface area contributed by atoms with Crippen LogP contribution in [0.15, 0.2) is 40.4 Å². The van der Waals surface area contributed by atoms with Crippen molar-refractivity contribution in [3.8, 4) is 0 Å². The van der Waals surface area contributed by atoms with E-state index >= 15 is 0 Å². The molecule has 136 valence electrons. The van der Waals surface area contributed by atoms with Gasteiger partial charge in [0.15, 0.2) is 5.03 Å². The Labute approximate surface area is 151 Å². The molecule has 1 aromatic carbocycles. The first-order valence-electron chi connectivity index (χ1n) is 7.52. The van der Waals surface area contributed by atoms with Crippen molar-refractivity contribution in [2.45, 2.75) is 22.8 Å². The highest BCUT2D eigenvalue weighted by Crippen LogP contribution is 2.29. The predicted molar refractivity (Wildman–Crippen MR) is 93.5 cm³/mol. The van der Waals surface area contributed by atoms with Gasteiger partial charge >= 0.3 is 0 Å². The van der Waals surface area contributed by atoms with Crippen molar-refractivity contribution in [2.24, 2.45) is 7.05 Å². The third-order valence-electron chi connectivity index (χ3n) is 3.94. The van der Waals surface area contributed by atoms with Crippen LogP contribution in [-0.2, 0) is 27.1 Å². The number of nitrogens with zero attached hydrogens (tertiary/aromatic N) is 3. The smallest absolute Gasteiger partial charge is 0.277 e. The predicted octanol–water partition coefficient (Wildman–Crippen LogP) is 1.66. The van der Waals surface area contributed by atoms with Crippen LogP contribution in [0.1, 0.15) is 12.8 Å². The normalized spacial score (nSPS) is 16.2. The monoisotopic (exact) mass is 404 g/mol. The van der Waals surface area contributed by atoms with Gasteiger partial charge in [-0.3, -0.25) is 9.40 Å². The van der Waals surface area contributed by atoms with Crippen LogP contribution in [0.3, 0.4) is 0 Å². The molecular weight excluding hydrogens is 388 g/mol. The summed E-state index contributed by atoms with van der Waals surface area (Å²) in [5.41, 5.74) is 0.00291. The molecule has 1 N–H and O–H groups in total. The van der Waals surface area contributed by atoms with E-state index in [0.717, 1.165) is 12.8 Å². The Morgan fingerprint density at radius 1 is 1.12 bits per heavy atom. The molecular formula is C14H17ClN4O4S2. The number of nitrogens with one attached hydrogen (secondary N) is 1. The van der Waals surface area contributed by atoms with E-state index < -0.39 is 20.0 Å². The molecule has 0 saturated carbocycles. The van der Waals surface area contributed by atoms with E-state index in [0.29, 0.717) is 13.1 Å². The van der Waals surface area contributed by atoms with E-state index in [9.17, 15) is 16.8 Å². The fourth-order valence-electron chi connectivity index (χ4n) is 2.64. The first-order chi connectivity index (χ1) is 11.7. The highest BCUT2D eigenvalue weighted by Gasteiger charge is 2.28. The number of benzene rings is 1. The molecule has 0 unspecified atom stereocenters. The standard InChI is InChI=1S/C14H17ClN4O4S2/c1-18-14(6-7-16-18)24(20,21)17-13-10-11(4-5-12(13)15)25(22,23)19-8-2-3-9-19/h4-7,10,17H,2-3,8-9H2,1H3. The molecule has 2 aromatic rings. The van der Waals surface area contributed by atoms with E-state index in [2.05, 4.69) is 9.82 Å². The number of aryl methyl sites for hydroxylation is 1. The molecule has 0 atom stereocenters. The van der Waals surface area contributed by atoms with E-state index in [-0.39, 0.29) is 20.6 Å². The van der Waals surface area contributed by atoms with Crippen LogP contribution in [-0.4, -0.2) is 44.0 Å². The lowest BCUT2D eigenvalue weighted by atomic mass is 10.3. The van der Waals surface area contributed by atoms with E-state index in [1.54, 1.807) is 0 Å². The summed E-state index contributed by atoms with van der Waals surface area (Å²) in [4.78, 5) is 0.00139. The Morgan fingerprint density at radius 3 is 2.40 bits per heavy atom. The van der Waals surface area contributed by atoms with Crippen LogP contribution < -0.4 is 4.72 Å². The van der Waals surface area contributed by atoms with Gasteiger partial charge in [-0.1, -0.05) is 11.6 Å². The van der Waals surface area contributed by atoms with Gasteiger partial charge in [0.25, 0.3) is 10.0 Å². The van der Waals surface area contributed by atoms with Crippen molar-refractivity contribution in [2.75, 3.05) is 17.8 Å². The molecule has 1 aliphatic rings. The Hall–Kier alpha value is -1.62. The first-order valence-corrected chi connectivity index (χ1v) is 10.8. The van der Waals surface area contributed by atoms with Gasteiger partial charge in [0.05, 0.1) is 21.8 Å². The zero-order valence-corrected chi connectivity index (χ0v) is 15.8. The fraction of sp³-hybridized carbons (Fsp3) is 0.357. The number of halogens is 1. The van der Waals surface area contributed by atoms with Gasteiger partial charge in [-0.15, -0.1) is 0 Å². The lowest BCUT2D eigenvalue weighted by Crippen LogP contribution is -2.28. The summed E-state index contributed by atoms with van der Waals surface area (Å²) in [6, 6.07) is 5.31. The van der Waals surface area contributed by atoms with Crippen LogP contribution in [0, 0.1) is 0 Å². The molecule has 0 spiro atoms. The largest absolute Gasteiger partial charge is 0.279 e. The number of hydrogen-bond donors (Lipinski definition) is 1. The first kappa shape index (κ1) is 18.2. The summed E-state index contributed by atoms with van der Waals surface area (Å²) in [7, 11) is -6.13. The Balaban J connectivity index is 1.97. The summed E-state index contributed by atoms with van der Waals surface area (Å²) in [5.74, 6) is 0. The second kappa shape index (κ2) is 6.60. The topological polar surface area (TPSA) is 101 Å². The van der Waals surface area contributed by atoms with Gasteiger partial charge in [-0.05, 0) is 37.1 Å². The van der Waals surface area contributed by atoms with Crippen molar-refractivity contribution < 1.29 is 16.8 Å². The van der Waals surface area contributed by atoms with Gasteiger partial charge in [-0.2, -0.15) is 17.8 Å². The molecule has 0 radical (unpaired) electrons.